The number of hydrogen-bond acceptors (Lipinski definition) is 2. The first kappa shape index (κ1) is 4.51. The third-order valence-electron chi connectivity index (χ3n) is 1.51. The van der Waals surface area contributed by atoms with Gasteiger partial charge in [0.1, 0.15) is 5.65 Å². The molecule has 0 radical (unpaired) electrons. The zero-order chi connectivity index (χ0) is 9.47. The monoisotopic (exact) mass is 149 g/mol. The van der Waals surface area contributed by atoms with E-state index in [1.165, 1.54) is 0 Å². The van der Waals surface area contributed by atoms with Crippen LogP contribution in [0.2, 0.25) is 0 Å². The van der Waals surface area contributed by atoms with Crippen molar-refractivity contribution in [3.05, 3.63) is 36.3 Å². The first-order chi connectivity index (χ1) is 6.07. The van der Waals surface area contributed by atoms with Crippen LogP contribution in [0.15, 0.2) is 30.6 Å². The van der Waals surface area contributed by atoms with E-state index in [0.717, 1.165) is 0 Å². The summed E-state index contributed by atoms with van der Waals surface area (Å²) in [7, 11) is 0. The van der Waals surface area contributed by atoms with Gasteiger partial charge < -0.3 is 10.1 Å². The standard InChI is InChI=1S/C8H9N3/c9-5-7-6-11-4-2-1-3-8(11)10-7/h1-4,6H,5,9H2/i5D2. The van der Waals surface area contributed by atoms with Crippen molar-refractivity contribution in [2.45, 2.75) is 6.50 Å². The average molecular weight is 149 g/mol. The molecule has 0 bridgehead atoms. The Balaban J connectivity index is 2.63. The van der Waals surface area contributed by atoms with Crippen molar-refractivity contribution >= 4 is 5.65 Å². The molecular weight excluding hydrogens is 138 g/mol. The molecule has 11 heavy (non-hydrogen) atoms. The molecule has 2 aromatic heterocycles. The van der Waals surface area contributed by atoms with E-state index in [1.54, 1.807) is 22.9 Å². The molecule has 0 aromatic carbocycles. The van der Waals surface area contributed by atoms with Gasteiger partial charge in [-0.3, -0.25) is 0 Å². The quantitative estimate of drug-likeness (QED) is 0.651. The van der Waals surface area contributed by atoms with Gasteiger partial charge >= 0.3 is 0 Å². The minimum Gasteiger partial charge on any atom is -0.325 e. The second-order valence-corrected chi connectivity index (χ2v) is 2.24. The molecule has 2 N–H and O–H groups in total. The third kappa shape index (κ3) is 0.991. The zero-order valence-electron chi connectivity index (χ0n) is 7.86. The predicted molar refractivity (Wildman–Crippen MR) is 43.1 cm³/mol. The van der Waals surface area contributed by atoms with Gasteiger partial charge in [-0.05, 0) is 12.1 Å². The van der Waals surface area contributed by atoms with Gasteiger partial charge in [0.2, 0.25) is 0 Å². The van der Waals surface area contributed by atoms with Crippen LogP contribution < -0.4 is 5.73 Å². The molecular formula is C8H9N3. The molecule has 0 saturated heterocycles. The Kier molecular flexibility index (Phi) is 0.967. The molecule has 0 aliphatic rings. The molecule has 0 aliphatic carbocycles. The largest absolute Gasteiger partial charge is 0.325 e. The molecule has 3 heteroatoms. The maximum atomic E-state index is 7.27. The normalized spacial score (nSPS) is 14.6. The number of imidazole rings is 1. The van der Waals surface area contributed by atoms with Gasteiger partial charge in [-0.15, -0.1) is 0 Å². The summed E-state index contributed by atoms with van der Waals surface area (Å²) >= 11 is 0. The summed E-state index contributed by atoms with van der Waals surface area (Å²) in [6.45, 7) is -1.87. The highest BCUT2D eigenvalue weighted by atomic mass is 15.0. The number of nitrogens with zero attached hydrogens (tertiary/aromatic N) is 2. The second-order valence-electron chi connectivity index (χ2n) is 2.24. The molecule has 0 fully saturated rings. The number of fused-ring (bicyclic) bond motifs is 1. The Morgan fingerprint density at radius 1 is 1.64 bits per heavy atom. The molecule has 3 nitrogen and oxygen atoms in total. The van der Waals surface area contributed by atoms with Crippen molar-refractivity contribution in [2.24, 2.45) is 5.73 Å². The van der Waals surface area contributed by atoms with Gasteiger partial charge in [-0.25, -0.2) is 4.98 Å². The Labute approximate surface area is 67.3 Å². The van der Waals surface area contributed by atoms with Crippen LogP contribution in [-0.2, 0) is 6.50 Å². The molecule has 0 amide bonds. The summed E-state index contributed by atoms with van der Waals surface area (Å²) in [6, 6.07) is 5.50. The van der Waals surface area contributed by atoms with Crippen LogP contribution in [0.4, 0.5) is 0 Å². The van der Waals surface area contributed by atoms with Gasteiger partial charge in [0.15, 0.2) is 0 Å². The highest BCUT2D eigenvalue weighted by Crippen LogP contribution is 2.02. The fourth-order valence-corrected chi connectivity index (χ4v) is 1.00. The maximum Gasteiger partial charge on any atom is 0.137 e. The van der Waals surface area contributed by atoms with Crippen LogP contribution in [-0.4, -0.2) is 9.38 Å². The summed E-state index contributed by atoms with van der Waals surface area (Å²) in [5, 5.41) is 0. The van der Waals surface area contributed by atoms with E-state index < -0.39 is 6.50 Å². The maximum absolute atomic E-state index is 7.27. The van der Waals surface area contributed by atoms with Gasteiger partial charge in [0, 0.05) is 21.6 Å². The lowest BCUT2D eigenvalue weighted by atomic mass is 10.5. The van der Waals surface area contributed by atoms with Crippen molar-refractivity contribution in [1.82, 2.24) is 9.38 Å². The number of aromatic nitrogens is 2. The molecule has 0 atom stereocenters. The Morgan fingerprint density at radius 3 is 3.27 bits per heavy atom. The summed E-state index contributed by atoms with van der Waals surface area (Å²) in [5.41, 5.74) is 6.23. The van der Waals surface area contributed by atoms with E-state index in [1.807, 2.05) is 12.1 Å². The smallest absolute Gasteiger partial charge is 0.137 e. The highest BCUT2D eigenvalue weighted by molar-refractivity contribution is 5.39. The van der Waals surface area contributed by atoms with Crippen molar-refractivity contribution in [2.75, 3.05) is 0 Å². The molecule has 56 valence electrons. The van der Waals surface area contributed by atoms with Gasteiger partial charge in [-0.1, -0.05) is 6.07 Å². The topological polar surface area (TPSA) is 43.3 Å². The molecule has 2 heterocycles. The lowest BCUT2D eigenvalue weighted by Crippen LogP contribution is -1.95. The third-order valence-corrected chi connectivity index (χ3v) is 1.51. The van der Waals surface area contributed by atoms with Crippen LogP contribution >= 0.6 is 0 Å². The molecule has 0 saturated carbocycles. The highest BCUT2D eigenvalue weighted by Gasteiger charge is 1.95. The summed E-state index contributed by atoms with van der Waals surface area (Å²) in [5.74, 6) is 0. The first-order valence-electron chi connectivity index (χ1n) is 4.30. The lowest BCUT2D eigenvalue weighted by molar-refractivity contribution is 1.02. The van der Waals surface area contributed by atoms with Crippen LogP contribution in [0.3, 0.4) is 0 Å². The predicted octanol–water partition coefficient (Wildman–Crippen LogP) is 0.793. The summed E-state index contributed by atoms with van der Waals surface area (Å²) in [6.07, 6.45) is 3.40. The molecule has 0 spiro atoms. The van der Waals surface area contributed by atoms with Gasteiger partial charge in [-0.2, -0.15) is 0 Å². The van der Waals surface area contributed by atoms with Crippen LogP contribution in [0.25, 0.3) is 5.65 Å². The van der Waals surface area contributed by atoms with Crippen molar-refractivity contribution in [3.8, 4) is 0 Å². The average Bonchev–Trinajstić information content (AvgIpc) is 2.45. The van der Waals surface area contributed by atoms with Crippen LogP contribution in [0.1, 0.15) is 8.44 Å². The van der Waals surface area contributed by atoms with Crippen molar-refractivity contribution in [3.63, 3.8) is 0 Å². The van der Waals surface area contributed by atoms with Gasteiger partial charge in [0.05, 0.1) is 5.69 Å². The number of hydrogen-bond donors (Lipinski definition) is 1. The van der Waals surface area contributed by atoms with Crippen molar-refractivity contribution < 1.29 is 2.74 Å². The van der Waals surface area contributed by atoms with Crippen molar-refractivity contribution in [1.29, 1.82) is 0 Å². The Hall–Kier alpha value is -1.35. The van der Waals surface area contributed by atoms with E-state index in [-0.39, 0.29) is 5.69 Å². The fraction of sp³-hybridized carbons (Fsp3) is 0.125. The number of pyridine rings is 1. The van der Waals surface area contributed by atoms with E-state index in [2.05, 4.69) is 4.98 Å². The van der Waals surface area contributed by atoms with Gasteiger partial charge in [0.25, 0.3) is 0 Å². The molecule has 2 rings (SSSR count). The second kappa shape index (κ2) is 2.36. The first-order valence-corrected chi connectivity index (χ1v) is 3.30. The molecule has 0 unspecified atom stereocenters. The van der Waals surface area contributed by atoms with Crippen LogP contribution in [0.5, 0.6) is 0 Å². The summed E-state index contributed by atoms with van der Waals surface area (Å²) in [4.78, 5) is 4.05. The van der Waals surface area contributed by atoms with E-state index in [0.29, 0.717) is 5.65 Å². The fourth-order valence-electron chi connectivity index (χ4n) is 1.00. The lowest BCUT2D eigenvalue weighted by Gasteiger charge is -1.86. The minimum absolute atomic E-state index is 0.249. The van der Waals surface area contributed by atoms with E-state index >= 15 is 0 Å². The van der Waals surface area contributed by atoms with E-state index in [9.17, 15) is 0 Å². The number of rotatable bonds is 1. The van der Waals surface area contributed by atoms with Crippen LogP contribution in [0, 0.1) is 0 Å². The zero-order valence-corrected chi connectivity index (χ0v) is 5.86. The Bertz CT molecular complexity index is 397. The number of nitrogens with two attached hydrogens (primary N) is 1. The SMILES string of the molecule is [2H]C([2H])(N)c1cn2ccccc2n1. The molecule has 0 aliphatic heterocycles. The summed E-state index contributed by atoms with van der Waals surface area (Å²) < 4.78 is 16.3. The molecule has 2 aromatic rings. The van der Waals surface area contributed by atoms with E-state index in [4.69, 9.17) is 8.48 Å². The Morgan fingerprint density at radius 2 is 2.55 bits per heavy atom. The minimum atomic E-state index is -1.87.